The van der Waals surface area contributed by atoms with E-state index in [-0.39, 0.29) is 0 Å². The van der Waals surface area contributed by atoms with Crippen molar-refractivity contribution in [3.63, 3.8) is 0 Å². The molecule has 2 fully saturated rings. The van der Waals surface area contributed by atoms with E-state index in [0.29, 0.717) is 11.3 Å². The van der Waals surface area contributed by atoms with Gasteiger partial charge in [0.15, 0.2) is 0 Å². The number of hydrogen-bond donors (Lipinski definition) is 0. The molecule has 0 aromatic rings. The van der Waals surface area contributed by atoms with Gasteiger partial charge in [-0.25, -0.2) is 0 Å². The van der Waals surface area contributed by atoms with Crippen LogP contribution >= 0.6 is 0 Å². The van der Waals surface area contributed by atoms with Gasteiger partial charge in [0.1, 0.15) is 0 Å². The van der Waals surface area contributed by atoms with Crippen LogP contribution < -0.4 is 0 Å². The van der Waals surface area contributed by atoms with Gasteiger partial charge in [0.05, 0.1) is 0 Å². The number of rotatable bonds is 1. The summed E-state index contributed by atoms with van der Waals surface area (Å²) in [6.45, 7) is 6.20. The van der Waals surface area contributed by atoms with Crippen LogP contribution in [0, 0.1) is 5.41 Å². The number of hydrogen-bond acceptors (Lipinski definition) is 2. The van der Waals surface area contributed by atoms with Crippen LogP contribution in [0.1, 0.15) is 19.8 Å². The van der Waals surface area contributed by atoms with E-state index >= 15 is 0 Å². The van der Waals surface area contributed by atoms with Crippen LogP contribution in [-0.2, 0) is 4.79 Å². The van der Waals surface area contributed by atoms with E-state index in [1.165, 1.54) is 6.42 Å². The molecule has 2 aliphatic rings. The molecule has 0 aliphatic carbocycles. The molecule has 1 spiro atoms. The SMILES string of the molecule is CCN1CC2(CCN(C)C2)CC1=O. The highest BCUT2D eigenvalue weighted by Gasteiger charge is 2.45. The molecule has 74 valence electrons. The van der Waals surface area contributed by atoms with Crippen LogP contribution in [0.25, 0.3) is 0 Å². The molecule has 1 atom stereocenters. The fraction of sp³-hybridized carbons (Fsp3) is 0.900. The molecule has 2 saturated heterocycles. The van der Waals surface area contributed by atoms with Gasteiger partial charge in [-0.1, -0.05) is 0 Å². The molecule has 13 heavy (non-hydrogen) atoms. The van der Waals surface area contributed by atoms with Crippen molar-refractivity contribution in [1.82, 2.24) is 9.80 Å². The summed E-state index contributed by atoms with van der Waals surface area (Å²) in [6, 6.07) is 0. The van der Waals surface area contributed by atoms with E-state index in [9.17, 15) is 4.79 Å². The maximum absolute atomic E-state index is 11.6. The standard InChI is InChI=1S/C10H18N2O/c1-3-12-8-10(6-9(12)13)4-5-11(2)7-10/h3-8H2,1-2H3. The van der Waals surface area contributed by atoms with Gasteiger partial charge in [0.25, 0.3) is 0 Å². The van der Waals surface area contributed by atoms with Crippen molar-refractivity contribution in [2.75, 3.05) is 33.2 Å². The molecular formula is C10H18N2O. The van der Waals surface area contributed by atoms with Crippen LogP contribution in [0.2, 0.25) is 0 Å². The molecule has 0 saturated carbocycles. The van der Waals surface area contributed by atoms with Crippen LogP contribution in [-0.4, -0.2) is 48.9 Å². The molecule has 2 heterocycles. The van der Waals surface area contributed by atoms with Gasteiger partial charge < -0.3 is 9.80 Å². The largest absolute Gasteiger partial charge is 0.342 e. The lowest BCUT2D eigenvalue weighted by Crippen LogP contribution is -2.30. The first kappa shape index (κ1) is 9.00. The minimum Gasteiger partial charge on any atom is -0.342 e. The van der Waals surface area contributed by atoms with Gasteiger partial charge in [0.2, 0.25) is 5.91 Å². The Labute approximate surface area is 79.7 Å². The van der Waals surface area contributed by atoms with Gasteiger partial charge in [-0.15, -0.1) is 0 Å². The molecule has 0 bridgehead atoms. The normalized spacial score (nSPS) is 35.2. The fourth-order valence-electron chi connectivity index (χ4n) is 2.70. The predicted molar refractivity (Wildman–Crippen MR) is 51.4 cm³/mol. The Bertz CT molecular complexity index is 229. The van der Waals surface area contributed by atoms with Crippen molar-refractivity contribution in [3.05, 3.63) is 0 Å². The first-order valence-corrected chi connectivity index (χ1v) is 5.11. The average Bonchev–Trinajstić information content (AvgIpc) is 2.57. The second-order valence-corrected chi connectivity index (χ2v) is 4.57. The van der Waals surface area contributed by atoms with E-state index in [1.54, 1.807) is 0 Å². The van der Waals surface area contributed by atoms with E-state index in [0.717, 1.165) is 32.6 Å². The van der Waals surface area contributed by atoms with Crippen molar-refractivity contribution in [2.24, 2.45) is 5.41 Å². The zero-order valence-electron chi connectivity index (χ0n) is 8.55. The number of amides is 1. The molecule has 0 aromatic heterocycles. The maximum Gasteiger partial charge on any atom is 0.223 e. The van der Waals surface area contributed by atoms with Crippen molar-refractivity contribution < 1.29 is 4.79 Å². The minimum absolute atomic E-state index is 0.307. The summed E-state index contributed by atoms with van der Waals surface area (Å²) < 4.78 is 0. The zero-order chi connectivity index (χ0) is 9.47. The summed E-state index contributed by atoms with van der Waals surface area (Å²) in [4.78, 5) is 15.9. The Morgan fingerprint density at radius 1 is 1.46 bits per heavy atom. The number of likely N-dealkylation sites (tertiary alicyclic amines) is 2. The van der Waals surface area contributed by atoms with E-state index in [4.69, 9.17) is 0 Å². The third kappa shape index (κ3) is 1.46. The minimum atomic E-state index is 0.307. The first-order valence-electron chi connectivity index (χ1n) is 5.11. The summed E-state index contributed by atoms with van der Waals surface area (Å²) in [5.74, 6) is 0.359. The van der Waals surface area contributed by atoms with Crippen molar-refractivity contribution in [2.45, 2.75) is 19.8 Å². The maximum atomic E-state index is 11.6. The lowest BCUT2D eigenvalue weighted by Gasteiger charge is -2.22. The van der Waals surface area contributed by atoms with Gasteiger partial charge in [-0.2, -0.15) is 0 Å². The molecule has 0 radical (unpaired) electrons. The van der Waals surface area contributed by atoms with Gasteiger partial charge in [-0.05, 0) is 26.9 Å². The molecular weight excluding hydrogens is 164 g/mol. The van der Waals surface area contributed by atoms with Crippen LogP contribution in [0.5, 0.6) is 0 Å². The highest BCUT2D eigenvalue weighted by atomic mass is 16.2. The quantitative estimate of drug-likeness (QED) is 0.591. The summed E-state index contributed by atoms with van der Waals surface area (Å²) >= 11 is 0. The Morgan fingerprint density at radius 2 is 2.23 bits per heavy atom. The Kier molecular flexibility index (Phi) is 2.06. The summed E-state index contributed by atoms with van der Waals surface area (Å²) in [5.41, 5.74) is 0.307. The second kappa shape index (κ2) is 2.98. The monoisotopic (exact) mass is 182 g/mol. The van der Waals surface area contributed by atoms with Crippen LogP contribution in [0.15, 0.2) is 0 Å². The summed E-state index contributed by atoms with van der Waals surface area (Å²) in [6.07, 6.45) is 1.98. The number of nitrogens with zero attached hydrogens (tertiary/aromatic N) is 2. The molecule has 3 heteroatoms. The lowest BCUT2D eigenvalue weighted by atomic mass is 9.86. The van der Waals surface area contributed by atoms with E-state index in [1.807, 2.05) is 4.90 Å². The van der Waals surface area contributed by atoms with Crippen LogP contribution in [0.4, 0.5) is 0 Å². The summed E-state index contributed by atoms with van der Waals surface area (Å²) in [7, 11) is 2.15. The Hall–Kier alpha value is -0.570. The molecule has 1 unspecified atom stereocenters. The Morgan fingerprint density at radius 3 is 2.69 bits per heavy atom. The third-order valence-corrected chi connectivity index (χ3v) is 3.42. The fourth-order valence-corrected chi connectivity index (χ4v) is 2.70. The second-order valence-electron chi connectivity index (χ2n) is 4.57. The van der Waals surface area contributed by atoms with Crippen molar-refractivity contribution in [1.29, 1.82) is 0 Å². The average molecular weight is 182 g/mol. The highest BCUT2D eigenvalue weighted by molar-refractivity contribution is 5.79. The molecule has 0 N–H and O–H groups in total. The van der Waals surface area contributed by atoms with Crippen molar-refractivity contribution >= 4 is 5.91 Å². The smallest absolute Gasteiger partial charge is 0.223 e. The molecule has 1 amide bonds. The number of carbonyl (C=O) groups is 1. The first-order chi connectivity index (χ1) is 6.15. The number of carbonyl (C=O) groups excluding carboxylic acids is 1. The van der Waals surface area contributed by atoms with Crippen LogP contribution in [0.3, 0.4) is 0 Å². The van der Waals surface area contributed by atoms with Crippen molar-refractivity contribution in [3.8, 4) is 0 Å². The van der Waals surface area contributed by atoms with E-state index in [2.05, 4.69) is 18.9 Å². The Balaban J connectivity index is 2.07. The zero-order valence-corrected chi connectivity index (χ0v) is 8.55. The topological polar surface area (TPSA) is 23.6 Å². The highest BCUT2D eigenvalue weighted by Crippen LogP contribution is 2.39. The third-order valence-electron chi connectivity index (χ3n) is 3.42. The molecule has 2 rings (SSSR count). The van der Waals surface area contributed by atoms with Gasteiger partial charge >= 0.3 is 0 Å². The van der Waals surface area contributed by atoms with Gasteiger partial charge in [0, 0.05) is 31.5 Å². The lowest BCUT2D eigenvalue weighted by molar-refractivity contribution is -0.127. The van der Waals surface area contributed by atoms with E-state index < -0.39 is 0 Å². The molecule has 3 nitrogen and oxygen atoms in total. The summed E-state index contributed by atoms with van der Waals surface area (Å²) in [5, 5.41) is 0. The predicted octanol–water partition coefficient (Wildman–Crippen LogP) is 0.560. The molecule has 2 aliphatic heterocycles. The van der Waals surface area contributed by atoms with Gasteiger partial charge in [-0.3, -0.25) is 4.79 Å². The molecule has 0 aromatic carbocycles.